The van der Waals surface area contributed by atoms with E-state index in [1.807, 2.05) is 6.20 Å². The second-order valence-corrected chi connectivity index (χ2v) is 7.64. The number of hydrogen-bond acceptors (Lipinski definition) is 8. The summed E-state index contributed by atoms with van der Waals surface area (Å²) in [4.78, 5) is 13.4. The second kappa shape index (κ2) is 7.75. The number of nitrogen functional groups attached to an aromatic ring is 1. The summed E-state index contributed by atoms with van der Waals surface area (Å²) in [6.45, 7) is 4.82. The van der Waals surface area contributed by atoms with Gasteiger partial charge in [-0.25, -0.2) is 9.97 Å². The lowest BCUT2D eigenvalue weighted by Crippen LogP contribution is -2.43. The first-order chi connectivity index (χ1) is 14.3. The van der Waals surface area contributed by atoms with Gasteiger partial charge in [0, 0.05) is 43.3 Å². The number of anilines is 4. The third-order valence-corrected chi connectivity index (χ3v) is 5.68. The molecule has 0 bridgehead atoms. The molecule has 9 nitrogen and oxygen atoms in total. The quantitative estimate of drug-likeness (QED) is 0.615. The lowest BCUT2D eigenvalue weighted by molar-refractivity contribution is 0.122. The fourth-order valence-electron chi connectivity index (χ4n) is 4.21. The zero-order chi connectivity index (χ0) is 19.6. The van der Waals surface area contributed by atoms with Crippen LogP contribution in [0.3, 0.4) is 0 Å². The van der Waals surface area contributed by atoms with Crippen LogP contribution >= 0.6 is 0 Å². The number of aromatic nitrogens is 4. The van der Waals surface area contributed by atoms with E-state index in [2.05, 4.69) is 53.5 Å². The SMILES string of the molecule is Nc1c(N2CCOCC2)ncnc1N1CCCC(Nc2ccc3[nH]ncc3c2)C1. The van der Waals surface area contributed by atoms with Crippen LogP contribution in [0.25, 0.3) is 10.9 Å². The lowest BCUT2D eigenvalue weighted by Gasteiger charge is -2.36. The number of hydrogen-bond donors (Lipinski definition) is 3. The summed E-state index contributed by atoms with van der Waals surface area (Å²) in [7, 11) is 0. The largest absolute Gasteiger partial charge is 0.393 e. The molecule has 0 aliphatic carbocycles. The van der Waals surface area contributed by atoms with Crippen LogP contribution in [0.1, 0.15) is 12.8 Å². The Balaban J connectivity index is 1.32. The molecule has 2 fully saturated rings. The molecule has 1 atom stereocenters. The van der Waals surface area contributed by atoms with Crippen molar-refractivity contribution in [3.8, 4) is 0 Å². The Morgan fingerprint density at radius 3 is 2.79 bits per heavy atom. The van der Waals surface area contributed by atoms with Crippen molar-refractivity contribution in [1.82, 2.24) is 20.2 Å². The summed E-state index contributed by atoms with van der Waals surface area (Å²) in [5, 5.41) is 11.9. The second-order valence-electron chi connectivity index (χ2n) is 7.64. The van der Waals surface area contributed by atoms with Crippen LogP contribution in [0.2, 0.25) is 0 Å². The monoisotopic (exact) mass is 394 g/mol. The van der Waals surface area contributed by atoms with E-state index < -0.39 is 0 Å². The number of nitrogens with two attached hydrogens (primary N) is 1. The number of rotatable bonds is 4. The van der Waals surface area contributed by atoms with E-state index in [1.165, 1.54) is 0 Å². The topological polar surface area (TPSA) is 108 Å². The highest BCUT2D eigenvalue weighted by atomic mass is 16.5. The standard InChI is InChI=1S/C20H26N8O/c21-18-19(27-6-8-29-9-7-27)22-13-23-20(18)28-5-1-2-16(12-28)25-15-3-4-17-14(10-15)11-24-26-17/h3-4,10-11,13,16,25H,1-2,5-9,12,21H2,(H,24,26). The Hall–Kier alpha value is -3.07. The van der Waals surface area contributed by atoms with Gasteiger partial charge >= 0.3 is 0 Å². The van der Waals surface area contributed by atoms with Crippen molar-refractivity contribution in [2.45, 2.75) is 18.9 Å². The van der Waals surface area contributed by atoms with Crippen molar-refractivity contribution in [3.63, 3.8) is 0 Å². The first-order valence-corrected chi connectivity index (χ1v) is 10.2. The minimum Gasteiger partial charge on any atom is -0.393 e. The van der Waals surface area contributed by atoms with Gasteiger partial charge in [0.2, 0.25) is 0 Å². The van der Waals surface area contributed by atoms with Crippen molar-refractivity contribution in [2.75, 3.05) is 60.2 Å². The molecule has 2 saturated heterocycles. The number of benzene rings is 1. The average molecular weight is 394 g/mol. The normalized spacial score (nSPS) is 20.2. The molecule has 29 heavy (non-hydrogen) atoms. The number of morpholine rings is 1. The maximum atomic E-state index is 6.51. The Kier molecular flexibility index (Phi) is 4.81. The summed E-state index contributed by atoms with van der Waals surface area (Å²) in [6.07, 6.45) is 5.67. The number of ether oxygens (including phenoxy) is 1. The van der Waals surface area contributed by atoms with Gasteiger partial charge in [-0.3, -0.25) is 5.10 Å². The van der Waals surface area contributed by atoms with Gasteiger partial charge in [0.15, 0.2) is 11.6 Å². The van der Waals surface area contributed by atoms with Crippen LogP contribution < -0.4 is 20.9 Å². The molecule has 152 valence electrons. The van der Waals surface area contributed by atoms with E-state index in [0.29, 0.717) is 24.9 Å². The van der Waals surface area contributed by atoms with Gasteiger partial charge in [-0.15, -0.1) is 0 Å². The number of piperidine rings is 1. The van der Waals surface area contributed by atoms with Gasteiger partial charge in [0.1, 0.15) is 12.0 Å². The van der Waals surface area contributed by atoms with Gasteiger partial charge in [-0.05, 0) is 31.0 Å². The highest BCUT2D eigenvalue weighted by molar-refractivity contribution is 5.82. The molecule has 0 saturated carbocycles. The predicted molar refractivity (Wildman–Crippen MR) is 114 cm³/mol. The molecule has 3 aromatic rings. The molecule has 2 aliphatic heterocycles. The molecule has 1 unspecified atom stereocenters. The lowest BCUT2D eigenvalue weighted by atomic mass is 10.0. The van der Waals surface area contributed by atoms with Gasteiger partial charge in [-0.2, -0.15) is 5.10 Å². The zero-order valence-corrected chi connectivity index (χ0v) is 16.3. The van der Waals surface area contributed by atoms with E-state index in [1.54, 1.807) is 6.33 Å². The molecule has 4 heterocycles. The van der Waals surface area contributed by atoms with Crippen molar-refractivity contribution >= 4 is 33.9 Å². The molecule has 2 aliphatic rings. The zero-order valence-electron chi connectivity index (χ0n) is 16.3. The Morgan fingerprint density at radius 1 is 1.10 bits per heavy atom. The van der Waals surface area contributed by atoms with Crippen LogP contribution in [0.15, 0.2) is 30.7 Å². The number of fused-ring (bicyclic) bond motifs is 1. The molecule has 4 N–H and O–H groups in total. The fourth-order valence-corrected chi connectivity index (χ4v) is 4.21. The number of H-pyrrole nitrogens is 1. The molecular formula is C20H26N8O. The Bertz CT molecular complexity index is 984. The maximum absolute atomic E-state index is 6.51. The molecule has 2 aromatic heterocycles. The van der Waals surface area contributed by atoms with Crippen LogP contribution in [0, 0.1) is 0 Å². The molecule has 1 aromatic carbocycles. The van der Waals surface area contributed by atoms with Gasteiger partial charge < -0.3 is 25.6 Å². The van der Waals surface area contributed by atoms with E-state index in [0.717, 1.165) is 67.2 Å². The summed E-state index contributed by atoms with van der Waals surface area (Å²) in [6, 6.07) is 6.61. The Morgan fingerprint density at radius 2 is 1.93 bits per heavy atom. The van der Waals surface area contributed by atoms with Crippen molar-refractivity contribution in [2.24, 2.45) is 0 Å². The summed E-state index contributed by atoms with van der Waals surface area (Å²) in [5.74, 6) is 1.65. The average Bonchev–Trinajstić information content (AvgIpc) is 3.23. The highest BCUT2D eigenvalue weighted by Gasteiger charge is 2.25. The smallest absolute Gasteiger partial charge is 0.157 e. The molecule has 0 spiro atoms. The first-order valence-electron chi connectivity index (χ1n) is 10.2. The minimum atomic E-state index is 0.328. The van der Waals surface area contributed by atoms with E-state index in [9.17, 15) is 0 Å². The number of nitrogens with zero attached hydrogens (tertiary/aromatic N) is 5. The van der Waals surface area contributed by atoms with Crippen LogP contribution in [0.5, 0.6) is 0 Å². The number of aromatic amines is 1. The highest BCUT2D eigenvalue weighted by Crippen LogP contribution is 2.31. The Labute approximate surface area is 169 Å². The number of nitrogens with one attached hydrogen (secondary N) is 2. The van der Waals surface area contributed by atoms with E-state index in [4.69, 9.17) is 10.5 Å². The fraction of sp³-hybridized carbons (Fsp3) is 0.450. The van der Waals surface area contributed by atoms with Crippen LogP contribution in [-0.2, 0) is 4.74 Å². The molecule has 5 rings (SSSR count). The van der Waals surface area contributed by atoms with Crippen LogP contribution in [-0.4, -0.2) is 65.6 Å². The summed E-state index contributed by atoms with van der Waals surface area (Å²) >= 11 is 0. The van der Waals surface area contributed by atoms with Gasteiger partial charge in [0.05, 0.1) is 24.9 Å². The molecule has 0 amide bonds. The first kappa shape index (κ1) is 18.0. The van der Waals surface area contributed by atoms with Crippen molar-refractivity contribution in [3.05, 3.63) is 30.7 Å². The molecule has 9 heteroatoms. The van der Waals surface area contributed by atoms with Crippen molar-refractivity contribution in [1.29, 1.82) is 0 Å². The third-order valence-electron chi connectivity index (χ3n) is 5.68. The molecular weight excluding hydrogens is 368 g/mol. The predicted octanol–water partition coefficient (Wildman–Crippen LogP) is 1.85. The van der Waals surface area contributed by atoms with Crippen molar-refractivity contribution < 1.29 is 4.74 Å². The van der Waals surface area contributed by atoms with E-state index >= 15 is 0 Å². The summed E-state index contributed by atoms with van der Waals surface area (Å²) in [5.41, 5.74) is 9.33. The van der Waals surface area contributed by atoms with Gasteiger partial charge in [0.25, 0.3) is 0 Å². The molecule has 0 radical (unpaired) electrons. The maximum Gasteiger partial charge on any atom is 0.157 e. The third kappa shape index (κ3) is 3.65. The van der Waals surface area contributed by atoms with Gasteiger partial charge in [-0.1, -0.05) is 0 Å². The summed E-state index contributed by atoms with van der Waals surface area (Å²) < 4.78 is 5.45. The van der Waals surface area contributed by atoms with E-state index in [-0.39, 0.29) is 0 Å². The minimum absolute atomic E-state index is 0.328. The van der Waals surface area contributed by atoms with Crippen LogP contribution in [0.4, 0.5) is 23.0 Å².